The number of aromatic nitrogens is 3. The number of nitrogens with one attached hydrogen (secondary N) is 2. The summed E-state index contributed by atoms with van der Waals surface area (Å²) in [6, 6.07) is 11.5. The second-order valence-corrected chi connectivity index (χ2v) is 8.69. The van der Waals surface area contributed by atoms with Crippen LogP contribution in [-0.2, 0) is 11.3 Å². The molecule has 4 heterocycles. The van der Waals surface area contributed by atoms with E-state index in [9.17, 15) is 9.59 Å². The summed E-state index contributed by atoms with van der Waals surface area (Å²) >= 11 is 0. The Bertz CT molecular complexity index is 1430. The maximum Gasteiger partial charge on any atom is 0.257 e. The summed E-state index contributed by atoms with van der Waals surface area (Å²) in [5.41, 5.74) is 1.79. The standard InChI is InChI=1S/C26H26FN7O5/c1-37-26-19(3-2-7-28-26)25(36)30-16-24(35)34-10-8-33(9-11-34)22-5-4-17(13-20(22)27)21-14-18(39-31-21)15-29-23-6-12-38-32-23/h2-7,12-14H,8-11,15-16H2,1H3,(H,29,32)(H,30,36). The summed E-state index contributed by atoms with van der Waals surface area (Å²) in [7, 11) is 1.42. The first kappa shape index (κ1) is 25.7. The molecule has 0 radical (unpaired) electrons. The first-order chi connectivity index (χ1) is 19.0. The Kier molecular flexibility index (Phi) is 7.66. The molecule has 1 saturated heterocycles. The first-order valence-corrected chi connectivity index (χ1v) is 12.2. The van der Waals surface area contributed by atoms with Gasteiger partial charge in [0.15, 0.2) is 11.6 Å². The Labute approximate surface area is 222 Å². The number of hydrogen-bond acceptors (Lipinski definition) is 10. The molecule has 2 amide bonds. The van der Waals surface area contributed by atoms with Gasteiger partial charge in [-0.25, -0.2) is 9.37 Å². The smallest absolute Gasteiger partial charge is 0.257 e. The zero-order chi connectivity index (χ0) is 27.2. The molecular formula is C26H26FN7O5. The summed E-state index contributed by atoms with van der Waals surface area (Å²) in [6.07, 6.45) is 2.97. The second kappa shape index (κ2) is 11.6. The number of ether oxygens (including phenoxy) is 1. The molecule has 13 heteroatoms. The van der Waals surface area contributed by atoms with E-state index in [1.165, 1.54) is 25.6 Å². The highest BCUT2D eigenvalue weighted by Gasteiger charge is 2.24. The zero-order valence-electron chi connectivity index (χ0n) is 21.1. The van der Waals surface area contributed by atoms with Crippen LogP contribution in [0.3, 0.4) is 0 Å². The fourth-order valence-electron chi connectivity index (χ4n) is 4.22. The van der Waals surface area contributed by atoms with Gasteiger partial charge >= 0.3 is 0 Å². The highest BCUT2D eigenvalue weighted by Crippen LogP contribution is 2.27. The summed E-state index contributed by atoms with van der Waals surface area (Å²) in [4.78, 5) is 32.6. The lowest BCUT2D eigenvalue weighted by atomic mass is 10.1. The van der Waals surface area contributed by atoms with Crippen LogP contribution in [0, 0.1) is 5.82 Å². The molecular weight excluding hydrogens is 509 g/mol. The first-order valence-electron chi connectivity index (χ1n) is 12.2. The van der Waals surface area contributed by atoms with Gasteiger partial charge in [-0.05, 0) is 24.3 Å². The Morgan fingerprint density at radius 3 is 2.69 bits per heavy atom. The number of methoxy groups -OCH3 is 1. The minimum absolute atomic E-state index is 0.159. The second-order valence-electron chi connectivity index (χ2n) is 8.69. The number of piperazine rings is 1. The lowest BCUT2D eigenvalue weighted by molar-refractivity contribution is -0.130. The monoisotopic (exact) mass is 535 g/mol. The van der Waals surface area contributed by atoms with Gasteiger partial charge in [0.2, 0.25) is 11.8 Å². The summed E-state index contributed by atoms with van der Waals surface area (Å²) in [5.74, 6) is 0.263. The summed E-state index contributed by atoms with van der Waals surface area (Å²) < 4.78 is 30.3. The number of carbonyl (C=O) groups is 2. The predicted molar refractivity (Wildman–Crippen MR) is 138 cm³/mol. The molecule has 1 aliphatic rings. The van der Waals surface area contributed by atoms with Crippen molar-refractivity contribution in [3.8, 4) is 17.1 Å². The van der Waals surface area contributed by atoms with Gasteiger partial charge < -0.3 is 34.2 Å². The minimum atomic E-state index is -0.445. The number of benzene rings is 1. The van der Waals surface area contributed by atoms with Crippen molar-refractivity contribution in [3.63, 3.8) is 0 Å². The van der Waals surface area contributed by atoms with Gasteiger partial charge in [-0.2, -0.15) is 0 Å². The van der Waals surface area contributed by atoms with E-state index in [0.717, 1.165) is 0 Å². The Morgan fingerprint density at radius 2 is 1.95 bits per heavy atom. The van der Waals surface area contributed by atoms with E-state index in [-0.39, 0.29) is 23.9 Å². The quantitative estimate of drug-likeness (QED) is 0.329. The molecule has 1 aromatic carbocycles. The number of nitrogens with zero attached hydrogens (tertiary/aromatic N) is 5. The number of halogens is 1. The predicted octanol–water partition coefficient (Wildman–Crippen LogP) is 2.56. The number of pyridine rings is 1. The number of hydrogen-bond donors (Lipinski definition) is 2. The van der Waals surface area contributed by atoms with Gasteiger partial charge in [-0.1, -0.05) is 16.4 Å². The van der Waals surface area contributed by atoms with Gasteiger partial charge in [0.05, 0.1) is 25.9 Å². The molecule has 0 spiro atoms. The van der Waals surface area contributed by atoms with Crippen LogP contribution in [-0.4, -0.2) is 71.8 Å². The molecule has 12 nitrogen and oxygen atoms in total. The molecule has 0 unspecified atom stereocenters. The van der Waals surface area contributed by atoms with Crippen molar-refractivity contribution < 1.29 is 27.8 Å². The van der Waals surface area contributed by atoms with Crippen LogP contribution >= 0.6 is 0 Å². The van der Waals surface area contributed by atoms with Crippen molar-refractivity contribution in [1.82, 2.24) is 25.5 Å². The van der Waals surface area contributed by atoms with E-state index >= 15 is 4.39 Å². The van der Waals surface area contributed by atoms with E-state index in [4.69, 9.17) is 13.8 Å². The third kappa shape index (κ3) is 5.98. The summed E-state index contributed by atoms with van der Waals surface area (Å²) in [6.45, 7) is 1.90. The van der Waals surface area contributed by atoms with Crippen LogP contribution in [0.25, 0.3) is 11.3 Å². The Balaban J connectivity index is 1.13. The normalized spacial score (nSPS) is 13.3. The summed E-state index contributed by atoms with van der Waals surface area (Å²) in [5, 5.41) is 13.4. The van der Waals surface area contributed by atoms with Crippen molar-refractivity contribution in [2.75, 3.05) is 50.1 Å². The zero-order valence-corrected chi connectivity index (χ0v) is 21.1. The Hall–Kier alpha value is -4.94. The average Bonchev–Trinajstić information content (AvgIpc) is 3.67. The molecule has 0 atom stereocenters. The third-order valence-corrected chi connectivity index (χ3v) is 6.27. The fraction of sp³-hybridized carbons (Fsp3) is 0.269. The highest BCUT2D eigenvalue weighted by molar-refractivity contribution is 5.98. The SMILES string of the molecule is COc1ncccc1C(=O)NCC(=O)N1CCN(c2ccc(-c3cc(CNc4ccon4)on3)cc2F)CC1. The van der Waals surface area contributed by atoms with Crippen molar-refractivity contribution >= 4 is 23.3 Å². The van der Waals surface area contributed by atoms with Gasteiger partial charge in [0, 0.05) is 50.1 Å². The molecule has 2 N–H and O–H groups in total. The molecule has 0 saturated carbocycles. The highest BCUT2D eigenvalue weighted by atomic mass is 19.1. The maximum absolute atomic E-state index is 15.1. The lowest BCUT2D eigenvalue weighted by Gasteiger charge is -2.36. The van der Waals surface area contributed by atoms with E-state index in [2.05, 4.69) is 25.9 Å². The van der Waals surface area contributed by atoms with Crippen molar-refractivity contribution in [2.45, 2.75) is 6.54 Å². The molecule has 0 aliphatic carbocycles. The van der Waals surface area contributed by atoms with Crippen LogP contribution in [0.5, 0.6) is 5.88 Å². The van der Waals surface area contributed by atoms with Crippen LogP contribution in [0.2, 0.25) is 0 Å². The number of rotatable bonds is 9. The van der Waals surface area contributed by atoms with Gasteiger partial charge in [0.1, 0.15) is 23.3 Å². The molecule has 202 valence electrons. The van der Waals surface area contributed by atoms with Crippen LogP contribution < -0.4 is 20.3 Å². The molecule has 0 bridgehead atoms. The average molecular weight is 536 g/mol. The van der Waals surface area contributed by atoms with Crippen LogP contribution in [0.1, 0.15) is 16.1 Å². The van der Waals surface area contributed by atoms with E-state index in [1.54, 1.807) is 41.3 Å². The fourth-order valence-corrected chi connectivity index (χ4v) is 4.22. The van der Waals surface area contributed by atoms with Crippen LogP contribution in [0.15, 0.2) is 64.0 Å². The van der Waals surface area contributed by atoms with E-state index in [1.807, 2.05) is 4.90 Å². The van der Waals surface area contributed by atoms with Crippen molar-refractivity contribution in [2.24, 2.45) is 0 Å². The third-order valence-electron chi connectivity index (χ3n) is 6.27. The largest absolute Gasteiger partial charge is 0.480 e. The number of carbonyl (C=O) groups excluding carboxylic acids is 2. The van der Waals surface area contributed by atoms with Crippen LogP contribution in [0.4, 0.5) is 15.9 Å². The Morgan fingerprint density at radius 1 is 1.10 bits per heavy atom. The van der Waals surface area contributed by atoms with Crippen molar-refractivity contribution in [3.05, 3.63) is 72.1 Å². The van der Waals surface area contributed by atoms with E-state index < -0.39 is 11.7 Å². The molecule has 1 aliphatic heterocycles. The molecule has 1 fully saturated rings. The minimum Gasteiger partial charge on any atom is -0.480 e. The molecule has 4 aromatic rings. The topological polar surface area (TPSA) is 139 Å². The lowest BCUT2D eigenvalue weighted by Crippen LogP contribution is -2.51. The van der Waals surface area contributed by atoms with Crippen molar-refractivity contribution in [1.29, 1.82) is 0 Å². The van der Waals surface area contributed by atoms with Gasteiger partial charge in [0.25, 0.3) is 5.91 Å². The van der Waals surface area contributed by atoms with Gasteiger partial charge in [-0.3, -0.25) is 9.59 Å². The van der Waals surface area contributed by atoms with E-state index in [0.29, 0.717) is 61.2 Å². The molecule has 39 heavy (non-hydrogen) atoms. The molecule has 5 rings (SSSR count). The number of amides is 2. The number of anilines is 2. The van der Waals surface area contributed by atoms with Gasteiger partial charge in [-0.15, -0.1) is 0 Å². The molecule has 3 aromatic heterocycles. The maximum atomic E-state index is 15.1.